The molecule has 1 heteroatoms. The third kappa shape index (κ3) is 7.37. The van der Waals surface area contributed by atoms with Gasteiger partial charge in [-0.2, -0.15) is 0 Å². The van der Waals surface area contributed by atoms with Gasteiger partial charge < -0.3 is 5.11 Å². The molecule has 0 aromatic heterocycles. The summed E-state index contributed by atoms with van der Waals surface area (Å²) < 4.78 is 0. The Hall–Kier alpha value is -0.980. The zero-order valence-electron chi connectivity index (χ0n) is 13.2. The van der Waals surface area contributed by atoms with E-state index >= 15 is 0 Å². The van der Waals surface area contributed by atoms with Crippen LogP contribution in [-0.2, 0) is 6.42 Å². The van der Waals surface area contributed by atoms with Crippen molar-refractivity contribution < 1.29 is 5.11 Å². The van der Waals surface area contributed by atoms with Gasteiger partial charge >= 0.3 is 0 Å². The van der Waals surface area contributed by atoms with Crippen molar-refractivity contribution in [1.29, 1.82) is 0 Å². The minimum Gasteiger partial charge on any atom is -0.508 e. The molecule has 0 spiro atoms. The summed E-state index contributed by atoms with van der Waals surface area (Å²) in [5.41, 5.74) is 1.96. The summed E-state index contributed by atoms with van der Waals surface area (Å²) in [5.74, 6) is 0.345. The molecule has 1 nitrogen and oxygen atoms in total. The second-order valence-electron chi connectivity index (χ2n) is 6.74. The van der Waals surface area contributed by atoms with Crippen molar-refractivity contribution in [1.82, 2.24) is 0 Å². The number of aromatic hydroxyl groups is 1. The predicted octanol–water partition coefficient (Wildman–Crippen LogP) is 5.42. The highest BCUT2D eigenvalue weighted by Gasteiger charge is 2.25. The summed E-state index contributed by atoms with van der Waals surface area (Å²) in [5, 5.41) is 9.24. The summed E-state index contributed by atoms with van der Waals surface area (Å²) in [7, 11) is 0. The molecule has 0 saturated carbocycles. The van der Waals surface area contributed by atoms with Gasteiger partial charge in [-0.3, -0.25) is 0 Å². The quantitative estimate of drug-likeness (QED) is 0.759. The zero-order valence-corrected chi connectivity index (χ0v) is 13.2. The molecule has 0 unspecified atom stereocenters. The van der Waals surface area contributed by atoms with E-state index in [1.807, 2.05) is 26.0 Å². The van der Waals surface area contributed by atoms with Crippen LogP contribution in [0.5, 0.6) is 5.75 Å². The molecular weight excluding hydrogens is 220 g/mol. The van der Waals surface area contributed by atoms with Crippen molar-refractivity contribution in [2.75, 3.05) is 0 Å². The van der Waals surface area contributed by atoms with Crippen LogP contribution in [-0.4, -0.2) is 5.11 Å². The Kier molecular flexibility index (Phi) is 6.45. The van der Waals surface area contributed by atoms with Crippen molar-refractivity contribution >= 4 is 0 Å². The topological polar surface area (TPSA) is 20.2 Å². The van der Waals surface area contributed by atoms with Crippen LogP contribution in [0.15, 0.2) is 24.3 Å². The number of rotatable bonds is 3. The minimum absolute atomic E-state index is 0.301. The lowest BCUT2D eigenvalue weighted by atomic mass is 9.73. The van der Waals surface area contributed by atoms with Gasteiger partial charge in [-0.1, -0.05) is 60.6 Å². The van der Waals surface area contributed by atoms with Crippen molar-refractivity contribution in [3.05, 3.63) is 29.8 Å². The molecule has 1 rings (SSSR count). The van der Waals surface area contributed by atoms with Crippen LogP contribution in [0.2, 0.25) is 0 Å². The Labute approximate surface area is 113 Å². The molecule has 0 amide bonds. The average molecular weight is 250 g/mol. The van der Waals surface area contributed by atoms with E-state index in [1.54, 1.807) is 12.1 Å². The summed E-state index contributed by atoms with van der Waals surface area (Å²) in [6, 6.07) is 7.56. The Morgan fingerprint density at radius 3 is 1.72 bits per heavy atom. The third-order valence-electron chi connectivity index (χ3n) is 2.63. The fraction of sp³-hybridized carbons (Fsp3) is 0.647. The number of hydrogen-bond acceptors (Lipinski definition) is 1. The van der Waals surface area contributed by atoms with E-state index in [1.165, 1.54) is 12.0 Å². The second kappa shape index (κ2) is 6.82. The zero-order chi connectivity index (χ0) is 14.4. The molecule has 1 aromatic carbocycles. The first-order chi connectivity index (χ1) is 8.18. The van der Waals surface area contributed by atoms with E-state index in [2.05, 4.69) is 34.6 Å². The van der Waals surface area contributed by atoms with Gasteiger partial charge in [-0.25, -0.2) is 0 Å². The second-order valence-corrected chi connectivity index (χ2v) is 6.74. The molecule has 1 N–H and O–H groups in total. The average Bonchev–Trinajstić information content (AvgIpc) is 2.20. The highest BCUT2D eigenvalue weighted by atomic mass is 16.3. The first-order valence-electron chi connectivity index (χ1n) is 6.96. The van der Waals surface area contributed by atoms with Gasteiger partial charge in [0.15, 0.2) is 0 Å². The maximum Gasteiger partial charge on any atom is 0.115 e. The molecule has 0 aliphatic heterocycles. The first kappa shape index (κ1) is 17.0. The van der Waals surface area contributed by atoms with Gasteiger partial charge in [-0.15, -0.1) is 0 Å². The van der Waals surface area contributed by atoms with Crippen LogP contribution < -0.4 is 0 Å². The first-order valence-corrected chi connectivity index (χ1v) is 6.96. The lowest BCUT2D eigenvalue weighted by Crippen LogP contribution is -2.22. The van der Waals surface area contributed by atoms with Gasteiger partial charge in [0.25, 0.3) is 0 Å². The minimum atomic E-state index is 0.301. The van der Waals surface area contributed by atoms with Crippen LogP contribution in [0.25, 0.3) is 0 Å². The smallest absolute Gasteiger partial charge is 0.115 e. The van der Waals surface area contributed by atoms with Gasteiger partial charge in [0.2, 0.25) is 0 Å². The Bertz CT molecular complexity index is 328. The molecule has 18 heavy (non-hydrogen) atoms. The monoisotopic (exact) mass is 250 g/mol. The molecule has 0 fully saturated rings. The van der Waals surface area contributed by atoms with E-state index in [9.17, 15) is 5.11 Å². The largest absolute Gasteiger partial charge is 0.508 e. The maximum absolute atomic E-state index is 9.24. The van der Waals surface area contributed by atoms with Gasteiger partial charge in [0, 0.05) is 0 Å². The summed E-state index contributed by atoms with van der Waals surface area (Å²) in [6.45, 7) is 15.5. The third-order valence-corrected chi connectivity index (χ3v) is 2.63. The Morgan fingerprint density at radius 2 is 1.33 bits per heavy atom. The summed E-state index contributed by atoms with van der Waals surface area (Å²) >= 11 is 0. The van der Waals surface area contributed by atoms with Crippen LogP contribution in [0, 0.1) is 10.8 Å². The highest BCUT2D eigenvalue weighted by Crippen LogP contribution is 2.35. The molecule has 0 bridgehead atoms. The number of benzene rings is 1. The van der Waals surface area contributed by atoms with E-state index in [0.717, 1.165) is 6.42 Å². The van der Waals surface area contributed by atoms with Crippen molar-refractivity contribution in [2.45, 2.75) is 61.3 Å². The molecule has 0 atom stereocenters. The maximum atomic E-state index is 9.24. The predicted molar refractivity (Wildman–Crippen MR) is 81.0 cm³/mol. The van der Waals surface area contributed by atoms with E-state index in [-0.39, 0.29) is 0 Å². The van der Waals surface area contributed by atoms with E-state index in [4.69, 9.17) is 0 Å². The van der Waals surface area contributed by atoms with Crippen LogP contribution in [0.4, 0.5) is 0 Å². The van der Waals surface area contributed by atoms with Crippen molar-refractivity contribution in [3.8, 4) is 5.75 Å². The molecule has 1 aromatic rings. The normalized spacial score (nSPS) is 11.7. The Morgan fingerprint density at radius 1 is 0.889 bits per heavy atom. The Balaban J connectivity index is 0.00000137. The number of hydrogen-bond donors (Lipinski definition) is 1. The number of phenolic OH excluding ortho intramolecular Hbond substituents is 1. The molecule has 104 valence electrons. The number of phenols is 1. The lowest BCUT2D eigenvalue weighted by Gasteiger charge is -2.32. The highest BCUT2D eigenvalue weighted by molar-refractivity contribution is 5.26. The van der Waals surface area contributed by atoms with Gasteiger partial charge in [-0.05, 0) is 41.4 Å². The van der Waals surface area contributed by atoms with Gasteiger partial charge in [0.05, 0.1) is 0 Å². The fourth-order valence-electron chi connectivity index (χ4n) is 2.66. The van der Waals surface area contributed by atoms with E-state index in [0.29, 0.717) is 16.6 Å². The molecule has 0 aliphatic rings. The summed E-state index contributed by atoms with van der Waals surface area (Å²) in [4.78, 5) is 0. The van der Waals surface area contributed by atoms with Gasteiger partial charge in [0.1, 0.15) is 5.75 Å². The van der Waals surface area contributed by atoms with Crippen LogP contribution in [0.1, 0.15) is 60.5 Å². The molecule has 0 heterocycles. The van der Waals surface area contributed by atoms with Crippen LogP contribution >= 0.6 is 0 Å². The van der Waals surface area contributed by atoms with Crippen molar-refractivity contribution in [3.63, 3.8) is 0 Å². The molecular formula is C17H30O. The summed E-state index contributed by atoms with van der Waals surface area (Å²) in [6.07, 6.45) is 2.26. The molecule has 0 radical (unpaired) electrons. The SMILES string of the molecule is CC.CC(C)(C)CC(C)(C)Cc1ccc(O)cc1. The van der Waals surface area contributed by atoms with E-state index < -0.39 is 0 Å². The van der Waals surface area contributed by atoms with Crippen LogP contribution in [0.3, 0.4) is 0 Å². The molecule has 0 saturated heterocycles. The van der Waals surface area contributed by atoms with Crippen molar-refractivity contribution in [2.24, 2.45) is 10.8 Å². The lowest BCUT2D eigenvalue weighted by molar-refractivity contribution is 0.211. The standard InChI is InChI=1S/C15H24O.C2H6/c1-14(2,3)11-15(4,5)10-12-6-8-13(16)9-7-12;1-2/h6-9,16H,10-11H2,1-5H3;1-2H3. The molecule has 0 aliphatic carbocycles. The fourth-order valence-corrected chi connectivity index (χ4v) is 2.66.